The number of aromatic nitrogens is 2. The number of aryl methyl sites for hydroxylation is 1. The van der Waals surface area contributed by atoms with Crippen LogP contribution < -0.4 is 0 Å². The standard InChI is InChI=1S/C8H11ClF2N2O/c1-2-3-13-5-6(4-12-13)7(14)8(9,10)11/h4-5,7,14H,2-3H2,1H3. The summed E-state index contributed by atoms with van der Waals surface area (Å²) in [6.45, 7) is 2.56. The molecule has 80 valence electrons. The number of aliphatic hydroxyl groups excluding tert-OH is 1. The van der Waals surface area contributed by atoms with Gasteiger partial charge in [0.1, 0.15) is 0 Å². The molecule has 1 rings (SSSR count). The fourth-order valence-electron chi connectivity index (χ4n) is 1.06. The first kappa shape index (κ1) is 11.4. The molecule has 0 saturated carbocycles. The minimum absolute atomic E-state index is 0.0263. The van der Waals surface area contributed by atoms with Gasteiger partial charge in [-0.2, -0.15) is 13.9 Å². The Morgan fingerprint density at radius 2 is 2.36 bits per heavy atom. The van der Waals surface area contributed by atoms with Crippen molar-refractivity contribution in [1.29, 1.82) is 0 Å². The predicted molar refractivity (Wildman–Crippen MR) is 48.3 cm³/mol. The number of alkyl halides is 3. The summed E-state index contributed by atoms with van der Waals surface area (Å²) in [5.74, 6) is 0. The Kier molecular flexibility index (Phi) is 3.44. The fraction of sp³-hybridized carbons (Fsp3) is 0.625. The van der Waals surface area contributed by atoms with Gasteiger partial charge in [-0.25, -0.2) is 0 Å². The first-order valence-electron chi connectivity index (χ1n) is 4.22. The second-order valence-electron chi connectivity index (χ2n) is 2.98. The molecule has 1 unspecified atom stereocenters. The van der Waals surface area contributed by atoms with E-state index in [0.29, 0.717) is 6.54 Å². The molecule has 0 bridgehead atoms. The van der Waals surface area contributed by atoms with Gasteiger partial charge in [-0.1, -0.05) is 6.92 Å². The predicted octanol–water partition coefficient (Wildman–Crippen LogP) is 2.16. The van der Waals surface area contributed by atoms with Crippen LogP contribution in [0.25, 0.3) is 0 Å². The Bertz CT molecular complexity index is 298. The molecule has 0 amide bonds. The summed E-state index contributed by atoms with van der Waals surface area (Å²) in [6, 6.07) is 0. The van der Waals surface area contributed by atoms with Gasteiger partial charge in [-0.05, 0) is 18.0 Å². The third-order valence-corrected chi connectivity index (χ3v) is 1.94. The molecule has 0 aliphatic heterocycles. The average molecular weight is 225 g/mol. The van der Waals surface area contributed by atoms with Crippen LogP contribution in [0.15, 0.2) is 12.4 Å². The van der Waals surface area contributed by atoms with Crippen LogP contribution in [0.1, 0.15) is 25.0 Å². The first-order valence-corrected chi connectivity index (χ1v) is 4.60. The van der Waals surface area contributed by atoms with Gasteiger partial charge < -0.3 is 5.11 Å². The first-order chi connectivity index (χ1) is 6.45. The topological polar surface area (TPSA) is 38.0 Å². The maximum atomic E-state index is 12.5. The third kappa shape index (κ3) is 2.65. The van der Waals surface area contributed by atoms with Crippen LogP contribution in [0.4, 0.5) is 8.78 Å². The van der Waals surface area contributed by atoms with Gasteiger partial charge in [-0.15, -0.1) is 0 Å². The maximum absolute atomic E-state index is 12.5. The Morgan fingerprint density at radius 1 is 1.71 bits per heavy atom. The minimum Gasteiger partial charge on any atom is -0.381 e. The van der Waals surface area contributed by atoms with E-state index in [2.05, 4.69) is 16.7 Å². The molecule has 6 heteroatoms. The van der Waals surface area contributed by atoms with Crippen LogP contribution in [0.5, 0.6) is 0 Å². The molecular weight excluding hydrogens is 214 g/mol. The van der Waals surface area contributed by atoms with Gasteiger partial charge in [0.15, 0.2) is 6.10 Å². The van der Waals surface area contributed by atoms with E-state index in [0.717, 1.165) is 6.42 Å². The molecular formula is C8H11ClF2N2O. The van der Waals surface area contributed by atoms with E-state index >= 15 is 0 Å². The second-order valence-corrected chi connectivity index (χ2v) is 3.48. The normalized spacial score (nSPS) is 14.4. The lowest BCUT2D eigenvalue weighted by Crippen LogP contribution is -2.18. The number of aliphatic hydroxyl groups is 1. The zero-order valence-electron chi connectivity index (χ0n) is 7.62. The van der Waals surface area contributed by atoms with Crippen LogP contribution in [0, 0.1) is 0 Å². The fourth-order valence-corrected chi connectivity index (χ4v) is 1.19. The SMILES string of the molecule is CCCn1cc(C(O)C(F)(F)Cl)cn1. The molecule has 0 spiro atoms. The van der Waals surface area contributed by atoms with E-state index in [1.807, 2.05) is 6.92 Å². The van der Waals surface area contributed by atoms with Gasteiger partial charge in [0, 0.05) is 18.3 Å². The Hall–Kier alpha value is -0.680. The highest BCUT2D eigenvalue weighted by Gasteiger charge is 2.37. The molecule has 0 saturated heterocycles. The highest BCUT2D eigenvalue weighted by molar-refractivity contribution is 6.22. The van der Waals surface area contributed by atoms with Crippen molar-refractivity contribution in [2.75, 3.05) is 0 Å². The molecule has 1 aromatic heterocycles. The zero-order chi connectivity index (χ0) is 10.8. The number of hydrogen-bond acceptors (Lipinski definition) is 2. The van der Waals surface area contributed by atoms with Gasteiger partial charge in [0.05, 0.1) is 6.20 Å². The highest BCUT2D eigenvalue weighted by atomic mass is 35.5. The van der Waals surface area contributed by atoms with Gasteiger partial charge in [0.25, 0.3) is 0 Å². The lowest BCUT2D eigenvalue weighted by atomic mass is 10.2. The van der Waals surface area contributed by atoms with Crippen molar-refractivity contribution in [3.63, 3.8) is 0 Å². The number of halogens is 3. The lowest BCUT2D eigenvalue weighted by Gasteiger charge is -2.13. The summed E-state index contributed by atoms with van der Waals surface area (Å²) in [6.07, 6.45) is 1.39. The Labute approximate surface area is 85.3 Å². The summed E-state index contributed by atoms with van der Waals surface area (Å²) < 4.78 is 26.4. The van der Waals surface area contributed by atoms with Crippen molar-refractivity contribution < 1.29 is 13.9 Å². The Morgan fingerprint density at radius 3 is 2.86 bits per heavy atom. The molecule has 14 heavy (non-hydrogen) atoms. The Balaban J connectivity index is 2.76. The van der Waals surface area contributed by atoms with E-state index in [1.54, 1.807) is 0 Å². The van der Waals surface area contributed by atoms with Crippen molar-refractivity contribution in [2.24, 2.45) is 0 Å². The molecule has 0 aromatic carbocycles. The van der Waals surface area contributed by atoms with Crippen LogP contribution >= 0.6 is 11.6 Å². The maximum Gasteiger partial charge on any atom is 0.351 e. The molecule has 0 aliphatic rings. The third-order valence-electron chi connectivity index (χ3n) is 1.73. The largest absolute Gasteiger partial charge is 0.381 e. The monoisotopic (exact) mass is 224 g/mol. The van der Waals surface area contributed by atoms with Crippen LogP contribution in [-0.2, 0) is 6.54 Å². The molecule has 1 atom stereocenters. The number of nitrogens with zero attached hydrogens (tertiary/aromatic N) is 2. The van der Waals surface area contributed by atoms with E-state index in [-0.39, 0.29) is 5.56 Å². The van der Waals surface area contributed by atoms with Crippen molar-refractivity contribution in [2.45, 2.75) is 31.4 Å². The molecule has 1 aromatic rings. The van der Waals surface area contributed by atoms with E-state index in [1.165, 1.54) is 17.1 Å². The highest BCUT2D eigenvalue weighted by Crippen LogP contribution is 2.34. The molecule has 1 heterocycles. The van der Waals surface area contributed by atoms with E-state index in [9.17, 15) is 8.78 Å². The number of rotatable bonds is 4. The van der Waals surface area contributed by atoms with Gasteiger partial charge >= 0.3 is 5.38 Å². The van der Waals surface area contributed by atoms with Crippen molar-refractivity contribution in [1.82, 2.24) is 9.78 Å². The van der Waals surface area contributed by atoms with Crippen LogP contribution in [0.3, 0.4) is 0 Å². The van der Waals surface area contributed by atoms with Crippen LogP contribution in [0.2, 0.25) is 0 Å². The quantitative estimate of drug-likeness (QED) is 0.796. The molecule has 3 nitrogen and oxygen atoms in total. The second kappa shape index (κ2) is 4.23. The number of hydrogen-bond donors (Lipinski definition) is 1. The molecule has 0 radical (unpaired) electrons. The lowest BCUT2D eigenvalue weighted by molar-refractivity contribution is -0.0425. The summed E-state index contributed by atoms with van der Waals surface area (Å²) >= 11 is 4.68. The summed E-state index contributed by atoms with van der Waals surface area (Å²) in [5.41, 5.74) is 0.0263. The van der Waals surface area contributed by atoms with E-state index < -0.39 is 11.5 Å². The van der Waals surface area contributed by atoms with Crippen molar-refractivity contribution >= 4 is 11.6 Å². The molecule has 1 N–H and O–H groups in total. The smallest absolute Gasteiger partial charge is 0.351 e. The van der Waals surface area contributed by atoms with Gasteiger partial charge in [-0.3, -0.25) is 4.68 Å². The zero-order valence-corrected chi connectivity index (χ0v) is 8.38. The molecule has 0 fully saturated rings. The summed E-state index contributed by atoms with van der Waals surface area (Å²) in [7, 11) is 0. The van der Waals surface area contributed by atoms with Crippen molar-refractivity contribution in [3.8, 4) is 0 Å². The molecule has 0 aliphatic carbocycles. The average Bonchev–Trinajstić information content (AvgIpc) is 2.50. The summed E-state index contributed by atoms with van der Waals surface area (Å²) in [5, 5.41) is 9.26. The van der Waals surface area contributed by atoms with Gasteiger partial charge in [0.2, 0.25) is 0 Å². The minimum atomic E-state index is -3.65. The van der Waals surface area contributed by atoms with Crippen LogP contribution in [-0.4, -0.2) is 20.3 Å². The van der Waals surface area contributed by atoms with Crippen molar-refractivity contribution in [3.05, 3.63) is 18.0 Å². The van der Waals surface area contributed by atoms with E-state index in [4.69, 9.17) is 5.11 Å². The summed E-state index contributed by atoms with van der Waals surface area (Å²) in [4.78, 5) is 0.